The fourth-order valence-corrected chi connectivity index (χ4v) is 5.30. The second-order valence-corrected chi connectivity index (χ2v) is 9.05. The van der Waals surface area contributed by atoms with Gasteiger partial charge in [0.15, 0.2) is 11.6 Å². The topological polar surface area (TPSA) is 0 Å². The van der Waals surface area contributed by atoms with Gasteiger partial charge in [0.25, 0.3) is 0 Å². The number of benzene rings is 1. The lowest BCUT2D eigenvalue weighted by Gasteiger charge is -2.42. The SMILES string of the molecule is C=CCc1ccc(C2CCC(C3CCC(C)(CC)CC3)CC2)c(F)c1F. The van der Waals surface area contributed by atoms with E-state index in [2.05, 4.69) is 20.4 Å². The Morgan fingerprint density at radius 2 is 1.62 bits per heavy atom. The van der Waals surface area contributed by atoms with Gasteiger partial charge in [0.1, 0.15) is 0 Å². The molecule has 2 aliphatic carbocycles. The fourth-order valence-electron chi connectivity index (χ4n) is 5.30. The fraction of sp³-hybridized carbons (Fsp3) is 0.667. The van der Waals surface area contributed by atoms with Crippen LogP contribution in [0.15, 0.2) is 24.8 Å². The summed E-state index contributed by atoms with van der Waals surface area (Å²) < 4.78 is 28.8. The molecular weight excluding hydrogens is 326 g/mol. The monoisotopic (exact) mass is 360 g/mol. The number of allylic oxidation sites excluding steroid dienone is 1. The molecule has 0 amide bonds. The highest BCUT2D eigenvalue weighted by Crippen LogP contribution is 2.48. The van der Waals surface area contributed by atoms with Gasteiger partial charge < -0.3 is 0 Å². The quantitative estimate of drug-likeness (QED) is 0.475. The van der Waals surface area contributed by atoms with Crippen molar-refractivity contribution in [1.82, 2.24) is 0 Å². The molecule has 0 saturated heterocycles. The minimum absolute atomic E-state index is 0.183. The maximum atomic E-state index is 14.5. The van der Waals surface area contributed by atoms with Crippen molar-refractivity contribution in [3.63, 3.8) is 0 Å². The molecule has 144 valence electrons. The average molecular weight is 361 g/mol. The maximum absolute atomic E-state index is 14.5. The molecular formula is C24H34F2. The van der Waals surface area contributed by atoms with Crippen LogP contribution in [0.4, 0.5) is 8.78 Å². The number of hydrogen-bond donors (Lipinski definition) is 0. The van der Waals surface area contributed by atoms with E-state index < -0.39 is 11.6 Å². The summed E-state index contributed by atoms with van der Waals surface area (Å²) in [6.45, 7) is 8.37. The first-order valence-electron chi connectivity index (χ1n) is 10.5. The molecule has 0 spiro atoms. The molecule has 2 fully saturated rings. The first-order valence-corrected chi connectivity index (χ1v) is 10.5. The minimum Gasteiger partial charge on any atom is -0.203 e. The zero-order valence-electron chi connectivity index (χ0n) is 16.5. The Morgan fingerprint density at radius 1 is 1.00 bits per heavy atom. The highest BCUT2D eigenvalue weighted by molar-refractivity contribution is 5.30. The molecule has 2 saturated carbocycles. The van der Waals surface area contributed by atoms with E-state index in [1.807, 2.05) is 6.07 Å². The van der Waals surface area contributed by atoms with Crippen molar-refractivity contribution >= 4 is 0 Å². The Kier molecular flexibility index (Phi) is 6.20. The summed E-state index contributed by atoms with van der Waals surface area (Å²) in [5.41, 5.74) is 1.56. The maximum Gasteiger partial charge on any atom is 0.162 e. The highest BCUT2D eigenvalue weighted by atomic mass is 19.2. The molecule has 2 aliphatic rings. The molecule has 0 aromatic heterocycles. The zero-order valence-corrected chi connectivity index (χ0v) is 16.5. The third-order valence-electron chi connectivity index (χ3n) is 7.53. The van der Waals surface area contributed by atoms with Crippen LogP contribution in [-0.2, 0) is 6.42 Å². The van der Waals surface area contributed by atoms with Crippen molar-refractivity contribution in [2.24, 2.45) is 17.3 Å². The van der Waals surface area contributed by atoms with Gasteiger partial charge in [-0.05, 0) is 92.1 Å². The minimum atomic E-state index is -0.671. The van der Waals surface area contributed by atoms with Crippen molar-refractivity contribution in [2.75, 3.05) is 0 Å². The number of halogens is 2. The molecule has 1 aromatic rings. The lowest BCUT2D eigenvalue weighted by Crippen LogP contribution is -2.29. The molecule has 1 aromatic carbocycles. The van der Waals surface area contributed by atoms with Crippen LogP contribution < -0.4 is 0 Å². The second-order valence-electron chi connectivity index (χ2n) is 9.05. The van der Waals surface area contributed by atoms with E-state index in [0.29, 0.717) is 23.0 Å². The highest BCUT2D eigenvalue weighted by Gasteiger charge is 2.35. The van der Waals surface area contributed by atoms with Crippen LogP contribution in [0.25, 0.3) is 0 Å². The lowest BCUT2D eigenvalue weighted by molar-refractivity contribution is 0.108. The van der Waals surface area contributed by atoms with Crippen LogP contribution in [0.5, 0.6) is 0 Å². The molecule has 0 unspecified atom stereocenters. The van der Waals surface area contributed by atoms with E-state index in [9.17, 15) is 8.78 Å². The molecule has 0 heterocycles. The van der Waals surface area contributed by atoms with Crippen molar-refractivity contribution in [3.05, 3.63) is 47.5 Å². The first kappa shape index (κ1) is 19.6. The Bertz CT molecular complexity index is 617. The number of rotatable bonds is 5. The van der Waals surface area contributed by atoms with Gasteiger partial charge in [0, 0.05) is 0 Å². The van der Waals surface area contributed by atoms with E-state index >= 15 is 0 Å². The van der Waals surface area contributed by atoms with Gasteiger partial charge in [0.2, 0.25) is 0 Å². The molecule has 0 N–H and O–H groups in total. The second kappa shape index (κ2) is 8.23. The van der Waals surface area contributed by atoms with Crippen LogP contribution >= 0.6 is 0 Å². The molecule has 3 rings (SSSR count). The largest absolute Gasteiger partial charge is 0.203 e. The third kappa shape index (κ3) is 4.05. The van der Waals surface area contributed by atoms with Crippen molar-refractivity contribution < 1.29 is 8.78 Å². The summed E-state index contributed by atoms with van der Waals surface area (Å²) in [6, 6.07) is 3.56. The standard InChI is InChI=1S/C24H34F2/c1-4-6-20-11-12-21(23(26)22(20)25)19-9-7-17(8-10-19)18-13-15-24(3,5-2)16-14-18/h4,11-12,17-19H,1,5-10,13-16H2,2-3H3. The lowest BCUT2D eigenvalue weighted by atomic mass is 9.64. The van der Waals surface area contributed by atoms with Crippen LogP contribution in [0.1, 0.15) is 88.7 Å². The van der Waals surface area contributed by atoms with Gasteiger partial charge in [-0.25, -0.2) is 8.78 Å². The van der Waals surface area contributed by atoms with Crippen LogP contribution in [-0.4, -0.2) is 0 Å². The van der Waals surface area contributed by atoms with E-state index in [-0.39, 0.29) is 5.92 Å². The van der Waals surface area contributed by atoms with Gasteiger partial charge in [-0.2, -0.15) is 0 Å². The van der Waals surface area contributed by atoms with E-state index in [1.54, 1.807) is 12.1 Å². The molecule has 0 aliphatic heterocycles. The Morgan fingerprint density at radius 3 is 2.19 bits per heavy atom. The van der Waals surface area contributed by atoms with E-state index in [4.69, 9.17) is 0 Å². The molecule has 2 heteroatoms. The van der Waals surface area contributed by atoms with Crippen LogP contribution in [0, 0.1) is 28.9 Å². The van der Waals surface area contributed by atoms with Crippen molar-refractivity contribution in [3.8, 4) is 0 Å². The predicted molar refractivity (Wildman–Crippen MR) is 105 cm³/mol. The normalized spacial score (nSPS) is 32.4. The molecule has 26 heavy (non-hydrogen) atoms. The Labute approximate surface area is 158 Å². The van der Waals surface area contributed by atoms with E-state index in [0.717, 1.165) is 24.7 Å². The first-order chi connectivity index (χ1) is 12.5. The van der Waals surface area contributed by atoms with Gasteiger partial charge in [0.05, 0.1) is 0 Å². The summed E-state index contributed by atoms with van der Waals surface area (Å²) in [5, 5.41) is 0. The summed E-state index contributed by atoms with van der Waals surface area (Å²) in [4.78, 5) is 0. The van der Waals surface area contributed by atoms with Crippen molar-refractivity contribution in [1.29, 1.82) is 0 Å². The summed E-state index contributed by atoms with van der Waals surface area (Å²) in [7, 11) is 0. The Hall–Kier alpha value is -1.18. The van der Waals surface area contributed by atoms with Gasteiger partial charge in [-0.3, -0.25) is 0 Å². The summed E-state index contributed by atoms with van der Waals surface area (Å²) >= 11 is 0. The smallest absolute Gasteiger partial charge is 0.162 e. The molecule has 0 nitrogen and oxygen atoms in total. The van der Waals surface area contributed by atoms with Crippen LogP contribution in [0.3, 0.4) is 0 Å². The third-order valence-corrected chi connectivity index (χ3v) is 7.53. The van der Waals surface area contributed by atoms with E-state index in [1.165, 1.54) is 44.9 Å². The van der Waals surface area contributed by atoms with Gasteiger partial charge in [-0.1, -0.05) is 38.5 Å². The van der Waals surface area contributed by atoms with Gasteiger partial charge in [-0.15, -0.1) is 6.58 Å². The predicted octanol–water partition coefficient (Wildman–Crippen LogP) is 7.57. The molecule has 0 bridgehead atoms. The summed E-state index contributed by atoms with van der Waals surface area (Å²) in [6.07, 6.45) is 13.1. The average Bonchev–Trinajstić information content (AvgIpc) is 2.67. The van der Waals surface area contributed by atoms with Crippen LogP contribution in [0.2, 0.25) is 0 Å². The summed E-state index contributed by atoms with van der Waals surface area (Å²) in [5.74, 6) is 0.538. The van der Waals surface area contributed by atoms with Crippen molar-refractivity contribution in [2.45, 2.75) is 84.0 Å². The molecule has 0 radical (unpaired) electrons. The van der Waals surface area contributed by atoms with Gasteiger partial charge >= 0.3 is 0 Å². The number of hydrogen-bond acceptors (Lipinski definition) is 0. The zero-order chi connectivity index (χ0) is 18.7. The molecule has 0 atom stereocenters. The Balaban J connectivity index is 1.59.